The molecule has 3 aromatic carbocycles. The SMILES string of the molecule is CCOc1ccc(N(CC(=O)NCc2cccc(C(F)(F)F)c2)S(=O)(=O)c2ccc(F)cc2)cc1. The van der Waals surface area contributed by atoms with Crippen molar-refractivity contribution in [1.29, 1.82) is 0 Å². The monoisotopic (exact) mass is 510 g/mol. The topological polar surface area (TPSA) is 75.7 Å². The van der Waals surface area contributed by atoms with E-state index in [9.17, 15) is 30.8 Å². The van der Waals surface area contributed by atoms with Gasteiger partial charge in [-0.1, -0.05) is 12.1 Å². The van der Waals surface area contributed by atoms with Crippen LogP contribution in [0.3, 0.4) is 0 Å². The van der Waals surface area contributed by atoms with Crippen LogP contribution in [0, 0.1) is 5.82 Å². The van der Waals surface area contributed by atoms with E-state index >= 15 is 0 Å². The molecule has 0 unspecified atom stereocenters. The molecule has 1 N–H and O–H groups in total. The number of nitrogens with one attached hydrogen (secondary N) is 1. The Kier molecular flexibility index (Phi) is 8.00. The van der Waals surface area contributed by atoms with Gasteiger partial charge in [-0.15, -0.1) is 0 Å². The molecule has 186 valence electrons. The van der Waals surface area contributed by atoms with E-state index in [1.165, 1.54) is 36.4 Å². The van der Waals surface area contributed by atoms with Crippen LogP contribution in [-0.4, -0.2) is 27.5 Å². The third-order valence-electron chi connectivity index (χ3n) is 4.87. The van der Waals surface area contributed by atoms with Crippen LogP contribution >= 0.6 is 0 Å². The van der Waals surface area contributed by atoms with Crippen molar-refractivity contribution >= 4 is 21.6 Å². The van der Waals surface area contributed by atoms with E-state index in [2.05, 4.69) is 5.32 Å². The molecular formula is C24H22F4N2O4S. The van der Waals surface area contributed by atoms with Gasteiger partial charge >= 0.3 is 6.18 Å². The van der Waals surface area contributed by atoms with E-state index in [1.54, 1.807) is 6.92 Å². The maximum absolute atomic E-state index is 13.3. The van der Waals surface area contributed by atoms with Gasteiger partial charge in [0.2, 0.25) is 5.91 Å². The van der Waals surface area contributed by atoms with Gasteiger partial charge in [0, 0.05) is 6.54 Å². The largest absolute Gasteiger partial charge is 0.494 e. The van der Waals surface area contributed by atoms with Crippen molar-refractivity contribution in [2.75, 3.05) is 17.5 Å². The molecule has 0 saturated heterocycles. The zero-order valence-electron chi connectivity index (χ0n) is 18.5. The fourth-order valence-corrected chi connectivity index (χ4v) is 4.59. The highest BCUT2D eigenvalue weighted by Gasteiger charge is 2.30. The summed E-state index contributed by atoms with van der Waals surface area (Å²) in [5.41, 5.74) is -0.520. The quantitative estimate of drug-likeness (QED) is 0.422. The fourth-order valence-electron chi connectivity index (χ4n) is 3.17. The summed E-state index contributed by atoms with van der Waals surface area (Å²) in [7, 11) is -4.28. The standard InChI is InChI=1S/C24H22F4N2O4S/c1-2-34-21-10-8-20(9-11-21)30(35(32,33)22-12-6-19(25)7-13-22)16-23(31)29-15-17-4-3-5-18(14-17)24(26,27)28/h3-14H,2,15-16H2,1H3,(H,29,31). The lowest BCUT2D eigenvalue weighted by atomic mass is 10.1. The summed E-state index contributed by atoms with van der Waals surface area (Å²) in [5.74, 6) is -0.887. The number of nitrogens with zero attached hydrogens (tertiary/aromatic N) is 1. The maximum atomic E-state index is 13.3. The fraction of sp³-hybridized carbons (Fsp3) is 0.208. The summed E-state index contributed by atoms with van der Waals surface area (Å²) in [6.07, 6.45) is -4.53. The van der Waals surface area contributed by atoms with Gasteiger partial charge in [0.05, 0.1) is 22.8 Å². The second kappa shape index (κ2) is 10.8. The van der Waals surface area contributed by atoms with Gasteiger partial charge < -0.3 is 10.1 Å². The molecule has 0 saturated carbocycles. The van der Waals surface area contributed by atoms with Crippen molar-refractivity contribution in [2.24, 2.45) is 0 Å². The highest BCUT2D eigenvalue weighted by atomic mass is 32.2. The number of hydrogen-bond donors (Lipinski definition) is 1. The summed E-state index contributed by atoms with van der Waals surface area (Å²) in [4.78, 5) is 12.4. The van der Waals surface area contributed by atoms with Crippen molar-refractivity contribution in [3.05, 3.63) is 89.7 Å². The van der Waals surface area contributed by atoms with E-state index in [1.807, 2.05) is 0 Å². The molecule has 0 radical (unpaired) electrons. The lowest BCUT2D eigenvalue weighted by Crippen LogP contribution is -2.40. The molecular weight excluding hydrogens is 488 g/mol. The summed E-state index contributed by atoms with van der Waals surface area (Å²) in [6, 6.07) is 14.5. The number of carbonyl (C=O) groups excluding carboxylic acids is 1. The van der Waals surface area contributed by atoms with Crippen LogP contribution in [0.25, 0.3) is 0 Å². The number of halogens is 4. The summed E-state index contributed by atoms with van der Waals surface area (Å²) in [6.45, 7) is 1.28. The molecule has 0 aliphatic rings. The molecule has 0 heterocycles. The summed E-state index contributed by atoms with van der Waals surface area (Å²) >= 11 is 0. The molecule has 3 aromatic rings. The average Bonchev–Trinajstić information content (AvgIpc) is 2.82. The van der Waals surface area contributed by atoms with E-state index in [0.717, 1.165) is 40.7 Å². The Hall–Kier alpha value is -3.60. The molecule has 0 aliphatic carbocycles. The second-order valence-corrected chi connectivity index (χ2v) is 9.23. The minimum absolute atomic E-state index is 0.145. The number of carbonyl (C=O) groups is 1. The van der Waals surface area contributed by atoms with Crippen LogP contribution in [0.5, 0.6) is 5.75 Å². The van der Waals surface area contributed by atoms with Gasteiger partial charge in [0.15, 0.2) is 0 Å². The first-order chi connectivity index (χ1) is 16.5. The number of benzene rings is 3. The number of hydrogen-bond acceptors (Lipinski definition) is 4. The normalized spacial score (nSPS) is 11.7. The summed E-state index contributed by atoms with van der Waals surface area (Å²) < 4.78 is 84.9. The molecule has 0 aromatic heterocycles. The van der Waals surface area contributed by atoms with Crippen molar-refractivity contribution in [3.8, 4) is 5.75 Å². The number of amides is 1. The third-order valence-corrected chi connectivity index (χ3v) is 6.66. The first-order valence-corrected chi connectivity index (χ1v) is 11.9. The van der Waals surface area contributed by atoms with E-state index < -0.39 is 40.0 Å². The number of sulfonamides is 1. The molecule has 0 spiro atoms. The molecule has 3 rings (SSSR count). The van der Waals surface area contributed by atoms with Gasteiger partial charge in [-0.05, 0) is 73.2 Å². The highest BCUT2D eigenvalue weighted by molar-refractivity contribution is 7.92. The highest BCUT2D eigenvalue weighted by Crippen LogP contribution is 2.29. The predicted molar refractivity (Wildman–Crippen MR) is 122 cm³/mol. The van der Waals surface area contributed by atoms with Crippen LogP contribution in [0.1, 0.15) is 18.1 Å². The predicted octanol–water partition coefficient (Wildman–Crippen LogP) is 4.75. The molecule has 6 nitrogen and oxygen atoms in total. The number of alkyl halides is 3. The Labute approximate surface area is 200 Å². The molecule has 0 aliphatic heterocycles. The van der Waals surface area contributed by atoms with Gasteiger partial charge in [-0.3, -0.25) is 9.10 Å². The molecule has 0 bridgehead atoms. The molecule has 11 heteroatoms. The zero-order valence-corrected chi connectivity index (χ0v) is 19.4. The van der Waals surface area contributed by atoms with Crippen LogP contribution < -0.4 is 14.4 Å². The Morgan fingerprint density at radius 2 is 1.66 bits per heavy atom. The lowest BCUT2D eigenvalue weighted by Gasteiger charge is -2.24. The first-order valence-electron chi connectivity index (χ1n) is 10.4. The van der Waals surface area contributed by atoms with Crippen molar-refractivity contribution in [1.82, 2.24) is 5.32 Å². The Morgan fingerprint density at radius 3 is 2.26 bits per heavy atom. The average molecular weight is 511 g/mol. The van der Waals surface area contributed by atoms with Crippen LogP contribution in [-0.2, 0) is 27.5 Å². The Bertz CT molecular complexity index is 1260. The maximum Gasteiger partial charge on any atom is 0.416 e. The first kappa shape index (κ1) is 26.0. The van der Waals surface area contributed by atoms with Crippen molar-refractivity contribution in [2.45, 2.75) is 24.5 Å². The van der Waals surface area contributed by atoms with Crippen LogP contribution in [0.4, 0.5) is 23.2 Å². The van der Waals surface area contributed by atoms with E-state index in [4.69, 9.17) is 4.74 Å². The minimum atomic E-state index is -4.53. The molecule has 0 atom stereocenters. The molecule has 0 fully saturated rings. The minimum Gasteiger partial charge on any atom is -0.494 e. The Morgan fingerprint density at radius 1 is 1.00 bits per heavy atom. The van der Waals surface area contributed by atoms with E-state index in [0.29, 0.717) is 12.4 Å². The number of anilines is 1. The van der Waals surface area contributed by atoms with Crippen molar-refractivity contribution in [3.63, 3.8) is 0 Å². The van der Waals surface area contributed by atoms with Gasteiger partial charge in [0.1, 0.15) is 18.1 Å². The van der Waals surface area contributed by atoms with Crippen LogP contribution in [0.15, 0.2) is 77.7 Å². The molecule has 35 heavy (non-hydrogen) atoms. The van der Waals surface area contributed by atoms with Gasteiger partial charge in [-0.2, -0.15) is 13.2 Å². The van der Waals surface area contributed by atoms with Gasteiger partial charge in [0.25, 0.3) is 10.0 Å². The van der Waals surface area contributed by atoms with Crippen LogP contribution in [0.2, 0.25) is 0 Å². The zero-order chi connectivity index (χ0) is 25.6. The smallest absolute Gasteiger partial charge is 0.416 e. The van der Waals surface area contributed by atoms with E-state index in [-0.39, 0.29) is 22.7 Å². The molecule has 1 amide bonds. The van der Waals surface area contributed by atoms with Gasteiger partial charge in [-0.25, -0.2) is 12.8 Å². The Balaban J connectivity index is 1.84. The second-order valence-electron chi connectivity index (χ2n) is 7.37. The number of ether oxygens (including phenoxy) is 1. The number of rotatable bonds is 9. The summed E-state index contributed by atoms with van der Waals surface area (Å²) in [5, 5.41) is 2.45. The third kappa shape index (κ3) is 6.72. The lowest BCUT2D eigenvalue weighted by molar-refractivity contribution is -0.137. The van der Waals surface area contributed by atoms with Crippen molar-refractivity contribution < 1.29 is 35.5 Å².